The molecule has 0 aliphatic heterocycles. The highest BCUT2D eigenvalue weighted by atomic mass is 14.8. The van der Waals surface area contributed by atoms with Crippen LogP contribution in [-0.4, -0.2) is 7.05 Å². The number of allylic oxidation sites excluding steroid dienone is 11. The van der Waals surface area contributed by atoms with Crippen LogP contribution in [0.25, 0.3) is 0 Å². The van der Waals surface area contributed by atoms with Gasteiger partial charge in [-0.3, -0.25) is 0 Å². The molecule has 0 rings (SSSR count). The molecule has 2 unspecified atom stereocenters. The van der Waals surface area contributed by atoms with E-state index in [9.17, 15) is 0 Å². The zero-order valence-corrected chi connectivity index (χ0v) is 20.1. The van der Waals surface area contributed by atoms with Crippen LogP contribution in [0.5, 0.6) is 0 Å². The predicted molar refractivity (Wildman–Crippen MR) is 138 cm³/mol. The molecule has 0 aromatic heterocycles. The van der Waals surface area contributed by atoms with E-state index in [-0.39, 0.29) is 0 Å². The Labute approximate surface area is 186 Å². The Balaban J connectivity index is 5.05. The molecule has 0 aromatic carbocycles. The smallest absolute Gasteiger partial charge is 0.0264 e. The van der Waals surface area contributed by atoms with Crippen molar-refractivity contribution in [3.8, 4) is 0 Å². The molecule has 2 atom stereocenters. The molecule has 30 heavy (non-hydrogen) atoms. The summed E-state index contributed by atoms with van der Waals surface area (Å²) in [6.45, 7) is 33.7. The minimum atomic E-state index is 0.473. The van der Waals surface area contributed by atoms with E-state index in [2.05, 4.69) is 84.6 Å². The molecule has 0 fully saturated rings. The molecule has 0 saturated heterocycles. The van der Waals surface area contributed by atoms with Gasteiger partial charge in [-0.15, -0.1) is 0 Å². The highest BCUT2D eigenvalue weighted by Gasteiger charge is 2.08. The lowest BCUT2D eigenvalue weighted by atomic mass is 9.91. The van der Waals surface area contributed by atoms with E-state index in [4.69, 9.17) is 0 Å². The molecule has 0 aromatic rings. The molecule has 0 saturated carbocycles. The zero-order chi connectivity index (χ0) is 23.3. The standard InChI is InChI=1S/C29H43N/c1-12-21(3)14-15-22(4)23(5)16-17-24(6)26(8)20-29(13-2)28(10)25(7)18-19-27(9)30-11/h16-22,30H,5-10,12-15H2,1-4,11H3/b17-16-,19-18-,29-20-. The number of hydrogen-bond donors (Lipinski definition) is 1. The van der Waals surface area contributed by atoms with E-state index in [0.29, 0.717) is 5.92 Å². The maximum Gasteiger partial charge on any atom is 0.0264 e. The van der Waals surface area contributed by atoms with Crippen molar-refractivity contribution in [2.24, 2.45) is 11.8 Å². The highest BCUT2D eigenvalue weighted by Crippen LogP contribution is 2.25. The normalized spacial score (nSPS) is 13.8. The molecule has 1 N–H and O–H groups in total. The Bertz CT molecular complexity index is 751. The van der Waals surface area contributed by atoms with Gasteiger partial charge >= 0.3 is 0 Å². The fourth-order valence-electron chi connectivity index (χ4n) is 2.70. The van der Waals surface area contributed by atoms with Gasteiger partial charge in [-0.2, -0.15) is 0 Å². The molecule has 0 heterocycles. The summed E-state index contributed by atoms with van der Waals surface area (Å²) >= 11 is 0. The number of nitrogens with one attached hydrogen (secondary N) is 1. The quantitative estimate of drug-likeness (QED) is 0.270. The topological polar surface area (TPSA) is 12.0 Å². The third-order valence-corrected chi connectivity index (χ3v) is 5.64. The lowest BCUT2D eigenvalue weighted by Gasteiger charge is -2.15. The summed E-state index contributed by atoms with van der Waals surface area (Å²) in [5, 5.41) is 2.99. The minimum Gasteiger partial charge on any atom is -0.389 e. The molecule has 0 amide bonds. The van der Waals surface area contributed by atoms with E-state index in [1.54, 1.807) is 0 Å². The summed E-state index contributed by atoms with van der Waals surface area (Å²) in [5.74, 6) is 1.24. The van der Waals surface area contributed by atoms with Gasteiger partial charge in [-0.1, -0.05) is 110 Å². The van der Waals surface area contributed by atoms with Crippen LogP contribution in [0.3, 0.4) is 0 Å². The number of hydrogen-bond acceptors (Lipinski definition) is 1. The minimum absolute atomic E-state index is 0.473. The Morgan fingerprint density at radius 3 is 1.93 bits per heavy atom. The SMILES string of the molecule is C=C(/C=C\C(=C)C(=C)/C(=C\C(=C)C(=C)/C=C\C(=C)C(C)CCC(C)CC)CC)NC. The summed E-state index contributed by atoms with van der Waals surface area (Å²) in [6, 6.07) is 0. The third-order valence-electron chi connectivity index (χ3n) is 5.64. The molecule has 0 aliphatic carbocycles. The van der Waals surface area contributed by atoms with Crippen LogP contribution in [-0.2, 0) is 0 Å². The van der Waals surface area contributed by atoms with Gasteiger partial charge in [0.15, 0.2) is 0 Å². The van der Waals surface area contributed by atoms with Crippen molar-refractivity contribution in [1.29, 1.82) is 0 Å². The average Bonchev–Trinajstić information content (AvgIpc) is 2.75. The van der Waals surface area contributed by atoms with Crippen LogP contribution < -0.4 is 5.32 Å². The summed E-state index contributed by atoms with van der Waals surface area (Å²) in [7, 11) is 1.84. The van der Waals surface area contributed by atoms with E-state index in [0.717, 1.165) is 51.5 Å². The molecular weight excluding hydrogens is 362 g/mol. The first kappa shape index (κ1) is 27.5. The molecule has 1 heteroatoms. The van der Waals surface area contributed by atoms with Crippen molar-refractivity contribution < 1.29 is 0 Å². The summed E-state index contributed by atoms with van der Waals surface area (Å²) < 4.78 is 0. The number of likely N-dealkylation sites (N-methyl/N-ethyl adjacent to an activating group) is 1. The lowest BCUT2D eigenvalue weighted by molar-refractivity contribution is 0.454. The molecule has 1 nitrogen and oxygen atoms in total. The summed E-state index contributed by atoms with van der Waals surface area (Å²) in [6.07, 6.45) is 14.4. The first-order valence-corrected chi connectivity index (χ1v) is 11.0. The second-order valence-electron chi connectivity index (χ2n) is 8.09. The van der Waals surface area contributed by atoms with Crippen molar-refractivity contribution in [2.45, 2.75) is 53.4 Å². The summed E-state index contributed by atoms with van der Waals surface area (Å²) in [5.41, 5.74) is 6.58. The third kappa shape index (κ3) is 10.3. The van der Waals surface area contributed by atoms with Crippen LogP contribution in [0.1, 0.15) is 53.4 Å². The molecule has 0 bridgehead atoms. The van der Waals surface area contributed by atoms with Crippen molar-refractivity contribution in [2.75, 3.05) is 7.05 Å². The average molecular weight is 406 g/mol. The van der Waals surface area contributed by atoms with Crippen LogP contribution in [0.4, 0.5) is 0 Å². The molecule has 0 radical (unpaired) electrons. The van der Waals surface area contributed by atoms with Crippen molar-refractivity contribution in [3.05, 3.63) is 109 Å². The van der Waals surface area contributed by atoms with Crippen molar-refractivity contribution in [3.63, 3.8) is 0 Å². The Hall–Kier alpha value is -2.54. The molecule has 0 spiro atoms. The number of rotatable bonds is 15. The van der Waals surface area contributed by atoms with Crippen LogP contribution >= 0.6 is 0 Å². The Morgan fingerprint density at radius 2 is 1.40 bits per heavy atom. The molecule has 0 aliphatic rings. The van der Waals surface area contributed by atoms with E-state index < -0.39 is 0 Å². The second kappa shape index (κ2) is 14.4. The van der Waals surface area contributed by atoms with E-state index >= 15 is 0 Å². The Kier molecular flexibility index (Phi) is 13.2. The van der Waals surface area contributed by atoms with Crippen LogP contribution in [0.2, 0.25) is 0 Å². The van der Waals surface area contributed by atoms with Gasteiger partial charge in [0.25, 0.3) is 0 Å². The van der Waals surface area contributed by atoms with E-state index in [1.165, 1.54) is 19.3 Å². The van der Waals surface area contributed by atoms with Crippen LogP contribution in [0, 0.1) is 11.8 Å². The maximum absolute atomic E-state index is 4.24. The van der Waals surface area contributed by atoms with Gasteiger partial charge in [0, 0.05) is 12.7 Å². The zero-order valence-electron chi connectivity index (χ0n) is 20.1. The van der Waals surface area contributed by atoms with Gasteiger partial charge < -0.3 is 5.32 Å². The van der Waals surface area contributed by atoms with Gasteiger partial charge in [0.05, 0.1) is 0 Å². The predicted octanol–water partition coefficient (Wildman–Crippen LogP) is 8.41. The Morgan fingerprint density at radius 1 is 0.800 bits per heavy atom. The maximum atomic E-state index is 4.24. The van der Waals surface area contributed by atoms with Crippen molar-refractivity contribution >= 4 is 0 Å². The lowest BCUT2D eigenvalue weighted by Crippen LogP contribution is -2.01. The van der Waals surface area contributed by atoms with E-state index in [1.807, 2.05) is 25.3 Å². The van der Waals surface area contributed by atoms with Gasteiger partial charge in [0.2, 0.25) is 0 Å². The largest absolute Gasteiger partial charge is 0.389 e. The molecular formula is C29H43N. The van der Waals surface area contributed by atoms with Gasteiger partial charge in [0.1, 0.15) is 0 Å². The molecule has 164 valence electrons. The monoisotopic (exact) mass is 405 g/mol. The first-order valence-electron chi connectivity index (χ1n) is 11.0. The fourth-order valence-corrected chi connectivity index (χ4v) is 2.70. The highest BCUT2D eigenvalue weighted by molar-refractivity contribution is 5.54. The first-order chi connectivity index (χ1) is 14.1. The second-order valence-corrected chi connectivity index (χ2v) is 8.09. The van der Waals surface area contributed by atoms with Crippen LogP contribution in [0.15, 0.2) is 109 Å². The van der Waals surface area contributed by atoms with Gasteiger partial charge in [-0.25, -0.2) is 0 Å². The summed E-state index contributed by atoms with van der Waals surface area (Å²) in [4.78, 5) is 0. The fraction of sp³-hybridized carbons (Fsp3) is 0.379. The van der Waals surface area contributed by atoms with Crippen molar-refractivity contribution in [1.82, 2.24) is 5.32 Å². The van der Waals surface area contributed by atoms with Gasteiger partial charge in [-0.05, 0) is 58.6 Å².